The zero-order chi connectivity index (χ0) is 13.4. The van der Waals surface area contributed by atoms with Crippen molar-refractivity contribution in [3.05, 3.63) is 23.8 Å². The van der Waals surface area contributed by atoms with Crippen LogP contribution in [-0.2, 0) is 0 Å². The second kappa shape index (κ2) is 7.95. The summed E-state index contributed by atoms with van der Waals surface area (Å²) in [6.07, 6.45) is 0.645. The smallest absolute Gasteiger partial charge is 0.124 e. The van der Waals surface area contributed by atoms with Gasteiger partial charge in [-0.05, 0) is 45.5 Å². The molecule has 1 aromatic carbocycles. The summed E-state index contributed by atoms with van der Waals surface area (Å²) in [7, 11) is 1.88. The molecule has 0 radical (unpaired) electrons. The maximum atomic E-state index is 9.11. The van der Waals surface area contributed by atoms with Gasteiger partial charge in [-0.2, -0.15) is 0 Å². The number of rotatable bonds is 8. The predicted molar refractivity (Wildman–Crippen MR) is 72.3 cm³/mol. The Balaban J connectivity index is 3.03. The Morgan fingerprint density at radius 2 is 1.94 bits per heavy atom. The van der Waals surface area contributed by atoms with Crippen molar-refractivity contribution in [3.63, 3.8) is 0 Å². The van der Waals surface area contributed by atoms with E-state index in [9.17, 15) is 0 Å². The Bertz CT molecular complexity index is 355. The second-order valence-corrected chi connectivity index (χ2v) is 3.92. The van der Waals surface area contributed by atoms with Gasteiger partial charge in [0.2, 0.25) is 0 Å². The molecule has 4 nitrogen and oxygen atoms in total. The third-order valence-electron chi connectivity index (χ3n) is 2.73. The van der Waals surface area contributed by atoms with E-state index in [-0.39, 0.29) is 12.6 Å². The monoisotopic (exact) mass is 253 g/mol. The van der Waals surface area contributed by atoms with Crippen LogP contribution in [0.3, 0.4) is 0 Å². The summed E-state index contributed by atoms with van der Waals surface area (Å²) >= 11 is 0. The fourth-order valence-electron chi connectivity index (χ4n) is 1.93. The molecular formula is C14H23NO3. The highest BCUT2D eigenvalue weighted by Crippen LogP contribution is 2.31. The van der Waals surface area contributed by atoms with Gasteiger partial charge in [-0.3, -0.25) is 0 Å². The average molecular weight is 253 g/mol. The van der Waals surface area contributed by atoms with Gasteiger partial charge in [0, 0.05) is 18.2 Å². The largest absolute Gasteiger partial charge is 0.494 e. The summed E-state index contributed by atoms with van der Waals surface area (Å²) in [6.45, 7) is 5.31. The van der Waals surface area contributed by atoms with E-state index in [2.05, 4.69) is 5.32 Å². The fourth-order valence-corrected chi connectivity index (χ4v) is 1.93. The third kappa shape index (κ3) is 3.89. The van der Waals surface area contributed by atoms with E-state index in [1.54, 1.807) is 0 Å². The summed E-state index contributed by atoms with van der Waals surface area (Å²) in [5.74, 6) is 1.67. The molecule has 0 aliphatic rings. The molecule has 102 valence electrons. The quantitative estimate of drug-likeness (QED) is 0.745. The number of aliphatic hydroxyl groups excluding tert-OH is 1. The lowest BCUT2D eigenvalue weighted by Crippen LogP contribution is -2.18. The first kappa shape index (κ1) is 14.8. The van der Waals surface area contributed by atoms with Crippen molar-refractivity contribution >= 4 is 0 Å². The van der Waals surface area contributed by atoms with E-state index in [0.717, 1.165) is 17.1 Å². The molecule has 0 aliphatic carbocycles. The number of nitrogens with one attached hydrogen (secondary N) is 1. The number of benzene rings is 1. The molecule has 18 heavy (non-hydrogen) atoms. The number of hydrogen-bond donors (Lipinski definition) is 2. The van der Waals surface area contributed by atoms with Crippen LogP contribution in [0.1, 0.15) is 31.9 Å². The first-order chi connectivity index (χ1) is 8.76. The van der Waals surface area contributed by atoms with Crippen LogP contribution in [0.5, 0.6) is 11.5 Å². The normalized spacial score (nSPS) is 12.2. The third-order valence-corrected chi connectivity index (χ3v) is 2.73. The van der Waals surface area contributed by atoms with Gasteiger partial charge in [-0.15, -0.1) is 0 Å². The minimum absolute atomic E-state index is 0.0666. The summed E-state index contributed by atoms with van der Waals surface area (Å²) in [4.78, 5) is 0. The standard InChI is InChI=1S/C14H23NO3/c1-4-17-11-6-7-14(18-5-2)12(10-11)13(15-3)8-9-16/h6-7,10,13,15-16H,4-5,8-9H2,1-3H3. The highest BCUT2D eigenvalue weighted by Gasteiger charge is 2.15. The first-order valence-corrected chi connectivity index (χ1v) is 6.44. The van der Waals surface area contributed by atoms with Gasteiger partial charge in [-0.1, -0.05) is 0 Å². The topological polar surface area (TPSA) is 50.7 Å². The minimum atomic E-state index is 0.0666. The molecule has 0 saturated heterocycles. The molecule has 0 saturated carbocycles. The van der Waals surface area contributed by atoms with Gasteiger partial charge in [0.1, 0.15) is 11.5 Å². The molecule has 0 fully saturated rings. The molecule has 0 heterocycles. The van der Waals surface area contributed by atoms with Crippen LogP contribution in [0.15, 0.2) is 18.2 Å². The molecule has 1 aromatic rings. The van der Waals surface area contributed by atoms with Crippen molar-refractivity contribution in [2.75, 3.05) is 26.9 Å². The van der Waals surface area contributed by atoms with Crippen LogP contribution in [0.25, 0.3) is 0 Å². The Kier molecular flexibility index (Phi) is 6.54. The second-order valence-electron chi connectivity index (χ2n) is 3.92. The van der Waals surface area contributed by atoms with Crippen molar-refractivity contribution in [1.29, 1.82) is 0 Å². The van der Waals surface area contributed by atoms with E-state index < -0.39 is 0 Å². The minimum Gasteiger partial charge on any atom is -0.494 e. The van der Waals surface area contributed by atoms with Crippen molar-refractivity contribution < 1.29 is 14.6 Å². The Morgan fingerprint density at radius 3 is 2.50 bits per heavy atom. The maximum Gasteiger partial charge on any atom is 0.124 e. The summed E-state index contributed by atoms with van der Waals surface area (Å²) in [5.41, 5.74) is 1.03. The SMILES string of the molecule is CCOc1ccc(OCC)c(C(CCO)NC)c1. The zero-order valence-electron chi connectivity index (χ0n) is 11.4. The van der Waals surface area contributed by atoms with E-state index in [0.29, 0.717) is 19.6 Å². The van der Waals surface area contributed by atoms with Crippen molar-refractivity contribution in [3.8, 4) is 11.5 Å². The molecular weight excluding hydrogens is 230 g/mol. The molecule has 0 bridgehead atoms. The maximum absolute atomic E-state index is 9.11. The van der Waals surface area contributed by atoms with Gasteiger partial charge in [-0.25, -0.2) is 0 Å². The van der Waals surface area contributed by atoms with E-state index in [1.807, 2.05) is 39.1 Å². The molecule has 0 spiro atoms. The summed E-state index contributed by atoms with van der Waals surface area (Å²) < 4.78 is 11.1. The van der Waals surface area contributed by atoms with Crippen LogP contribution >= 0.6 is 0 Å². The molecule has 0 aromatic heterocycles. The lowest BCUT2D eigenvalue weighted by molar-refractivity contribution is 0.264. The van der Waals surface area contributed by atoms with Crippen LogP contribution in [-0.4, -0.2) is 32.0 Å². The Morgan fingerprint density at radius 1 is 1.22 bits per heavy atom. The molecule has 2 N–H and O–H groups in total. The number of hydrogen-bond acceptors (Lipinski definition) is 4. The van der Waals surface area contributed by atoms with Crippen LogP contribution < -0.4 is 14.8 Å². The van der Waals surface area contributed by atoms with E-state index in [4.69, 9.17) is 14.6 Å². The lowest BCUT2D eigenvalue weighted by atomic mass is 10.0. The number of ether oxygens (including phenoxy) is 2. The Labute approximate surface area is 109 Å². The zero-order valence-corrected chi connectivity index (χ0v) is 11.4. The van der Waals surface area contributed by atoms with Gasteiger partial charge in [0.05, 0.1) is 13.2 Å². The van der Waals surface area contributed by atoms with Crippen molar-refractivity contribution in [2.24, 2.45) is 0 Å². The lowest BCUT2D eigenvalue weighted by Gasteiger charge is -2.20. The molecule has 1 unspecified atom stereocenters. The molecule has 1 atom stereocenters. The fraction of sp³-hybridized carbons (Fsp3) is 0.571. The van der Waals surface area contributed by atoms with Gasteiger partial charge in [0.15, 0.2) is 0 Å². The summed E-state index contributed by atoms with van der Waals surface area (Å²) in [6, 6.07) is 5.87. The van der Waals surface area contributed by atoms with Crippen LogP contribution in [0, 0.1) is 0 Å². The van der Waals surface area contributed by atoms with Gasteiger partial charge < -0.3 is 19.9 Å². The Hall–Kier alpha value is -1.26. The molecule has 0 amide bonds. The van der Waals surface area contributed by atoms with Gasteiger partial charge in [0.25, 0.3) is 0 Å². The predicted octanol–water partition coefficient (Wildman–Crippen LogP) is 2.13. The highest BCUT2D eigenvalue weighted by atomic mass is 16.5. The van der Waals surface area contributed by atoms with Crippen molar-refractivity contribution in [1.82, 2.24) is 5.32 Å². The number of aliphatic hydroxyl groups is 1. The highest BCUT2D eigenvalue weighted by molar-refractivity contribution is 5.42. The van der Waals surface area contributed by atoms with E-state index >= 15 is 0 Å². The average Bonchev–Trinajstić information content (AvgIpc) is 2.38. The first-order valence-electron chi connectivity index (χ1n) is 6.44. The van der Waals surface area contributed by atoms with Crippen LogP contribution in [0.2, 0.25) is 0 Å². The van der Waals surface area contributed by atoms with Gasteiger partial charge >= 0.3 is 0 Å². The van der Waals surface area contributed by atoms with Crippen LogP contribution in [0.4, 0.5) is 0 Å². The molecule has 1 rings (SSSR count). The summed E-state index contributed by atoms with van der Waals surface area (Å²) in [5, 5.41) is 12.3. The molecule has 4 heteroatoms. The molecule has 0 aliphatic heterocycles. The van der Waals surface area contributed by atoms with Crippen molar-refractivity contribution in [2.45, 2.75) is 26.3 Å². The van der Waals surface area contributed by atoms with E-state index in [1.165, 1.54) is 0 Å².